The lowest BCUT2D eigenvalue weighted by Gasteiger charge is -2.02. The SMILES string of the molecule is Cc1cnc(CNS(=O)(=O)c2cc(C(=O)O)n(C)c2)s1. The number of carbonyl (C=O) groups is 1. The molecule has 2 aromatic rings. The summed E-state index contributed by atoms with van der Waals surface area (Å²) >= 11 is 1.40. The van der Waals surface area contributed by atoms with Gasteiger partial charge in [-0.3, -0.25) is 0 Å². The summed E-state index contributed by atoms with van der Waals surface area (Å²) in [6, 6.07) is 1.12. The summed E-state index contributed by atoms with van der Waals surface area (Å²) in [6.07, 6.45) is 2.93. The second-order valence-corrected chi connectivity index (χ2v) is 7.25. The standard InChI is InChI=1S/C11H13N3O4S2/c1-7-4-12-10(19-7)5-13-20(17,18)8-3-9(11(15)16)14(2)6-8/h3-4,6,13H,5H2,1-2H3,(H,15,16). The van der Waals surface area contributed by atoms with E-state index in [9.17, 15) is 13.2 Å². The molecule has 0 bridgehead atoms. The molecule has 0 aliphatic carbocycles. The average Bonchev–Trinajstić information content (AvgIpc) is 2.93. The number of hydrogen-bond donors (Lipinski definition) is 2. The second-order valence-electron chi connectivity index (χ2n) is 4.17. The van der Waals surface area contributed by atoms with Crippen molar-refractivity contribution in [3.05, 3.63) is 34.0 Å². The third-order valence-corrected chi connectivity index (χ3v) is 4.87. The van der Waals surface area contributed by atoms with Gasteiger partial charge in [0.2, 0.25) is 10.0 Å². The van der Waals surface area contributed by atoms with Crippen molar-refractivity contribution in [1.29, 1.82) is 0 Å². The second kappa shape index (κ2) is 5.35. The highest BCUT2D eigenvalue weighted by Crippen LogP contribution is 2.15. The van der Waals surface area contributed by atoms with Gasteiger partial charge in [-0.05, 0) is 13.0 Å². The molecule has 0 fully saturated rings. The fraction of sp³-hybridized carbons (Fsp3) is 0.273. The van der Waals surface area contributed by atoms with Crippen LogP contribution in [0.1, 0.15) is 20.4 Å². The van der Waals surface area contributed by atoms with E-state index in [1.165, 1.54) is 29.1 Å². The van der Waals surface area contributed by atoms with Gasteiger partial charge < -0.3 is 9.67 Å². The summed E-state index contributed by atoms with van der Waals surface area (Å²) in [7, 11) is -2.27. The Morgan fingerprint density at radius 1 is 1.55 bits per heavy atom. The quantitative estimate of drug-likeness (QED) is 0.856. The maximum Gasteiger partial charge on any atom is 0.352 e. The molecule has 9 heteroatoms. The maximum absolute atomic E-state index is 12.1. The molecule has 20 heavy (non-hydrogen) atoms. The number of nitrogens with zero attached hydrogens (tertiary/aromatic N) is 2. The van der Waals surface area contributed by atoms with E-state index < -0.39 is 16.0 Å². The monoisotopic (exact) mass is 315 g/mol. The normalized spacial score (nSPS) is 11.7. The molecule has 0 spiro atoms. The van der Waals surface area contributed by atoms with Crippen LogP contribution in [0.3, 0.4) is 0 Å². The first-order chi connectivity index (χ1) is 9.29. The molecule has 0 atom stereocenters. The van der Waals surface area contributed by atoms with Crippen LogP contribution in [0, 0.1) is 6.92 Å². The van der Waals surface area contributed by atoms with Gasteiger partial charge in [0.1, 0.15) is 15.6 Å². The molecule has 0 radical (unpaired) electrons. The van der Waals surface area contributed by atoms with E-state index >= 15 is 0 Å². The molecule has 0 unspecified atom stereocenters. The molecule has 0 aliphatic heterocycles. The van der Waals surface area contributed by atoms with Gasteiger partial charge in [0.25, 0.3) is 0 Å². The first kappa shape index (κ1) is 14.7. The van der Waals surface area contributed by atoms with E-state index in [0.717, 1.165) is 10.9 Å². The van der Waals surface area contributed by atoms with Crippen LogP contribution in [0.25, 0.3) is 0 Å². The molecule has 0 saturated heterocycles. The first-order valence-electron chi connectivity index (χ1n) is 5.60. The Kier molecular flexibility index (Phi) is 3.93. The zero-order valence-corrected chi connectivity index (χ0v) is 12.5. The Labute approximate surface area is 119 Å². The van der Waals surface area contributed by atoms with Crippen molar-refractivity contribution in [2.75, 3.05) is 0 Å². The van der Waals surface area contributed by atoms with Crippen molar-refractivity contribution in [2.45, 2.75) is 18.4 Å². The fourth-order valence-corrected chi connectivity index (χ4v) is 3.49. The van der Waals surface area contributed by atoms with Crippen molar-refractivity contribution in [1.82, 2.24) is 14.3 Å². The number of carboxylic acid groups (broad SMARTS) is 1. The van der Waals surface area contributed by atoms with Gasteiger partial charge >= 0.3 is 5.97 Å². The van der Waals surface area contributed by atoms with Crippen LogP contribution in [0.4, 0.5) is 0 Å². The summed E-state index contributed by atoms with van der Waals surface area (Å²) in [5.41, 5.74) is -0.0875. The van der Waals surface area contributed by atoms with Crippen molar-refractivity contribution < 1.29 is 18.3 Å². The average molecular weight is 315 g/mol. The van der Waals surface area contributed by atoms with Gasteiger partial charge in [-0.25, -0.2) is 22.9 Å². The van der Waals surface area contributed by atoms with Crippen molar-refractivity contribution in [2.24, 2.45) is 7.05 Å². The van der Waals surface area contributed by atoms with Gasteiger partial charge in [0.15, 0.2) is 0 Å². The zero-order chi connectivity index (χ0) is 14.9. The molecule has 2 rings (SSSR count). The molecule has 0 aromatic carbocycles. The molecule has 0 amide bonds. The fourth-order valence-electron chi connectivity index (χ4n) is 1.62. The summed E-state index contributed by atoms with van der Waals surface area (Å²) in [4.78, 5) is 15.9. The van der Waals surface area contributed by atoms with Gasteiger partial charge in [-0.2, -0.15) is 0 Å². The zero-order valence-electron chi connectivity index (χ0n) is 10.8. The number of hydrogen-bond acceptors (Lipinski definition) is 5. The number of thiazole rings is 1. The van der Waals surface area contributed by atoms with Crippen molar-refractivity contribution in [3.63, 3.8) is 0 Å². The van der Waals surface area contributed by atoms with E-state index in [1.807, 2.05) is 6.92 Å². The van der Waals surface area contributed by atoms with Crippen LogP contribution in [0.5, 0.6) is 0 Å². The minimum Gasteiger partial charge on any atom is -0.477 e. The lowest BCUT2D eigenvalue weighted by molar-refractivity contribution is 0.0686. The van der Waals surface area contributed by atoms with E-state index in [0.29, 0.717) is 5.01 Å². The lowest BCUT2D eigenvalue weighted by atomic mass is 10.4. The Morgan fingerprint density at radius 3 is 2.75 bits per heavy atom. The Bertz CT molecular complexity index is 746. The molecular formula is C11H13N3O4S2. The number of rotatable bonds is 5. The molecule has 0 aliphatic rings. The number of carboxylic acids is 1. The number of aryl methyl sites for hydroxylation is 2. The first-order valence-corrected chi connectivity index (χ1v) is 7.90. The predicted molar refractivity (Wildman–Crippen MR) is 73.2 cm³/mol. The Hall–Kier alpha value is -1.71. The van der Waals surface area contributed by atoms with Gasteiger partial charge in [-0.15, -0.1) is 11.3 Å². The molecule has 7 nitrogen and oxygen atoms in total. The number of aromatic carboxylic acids is 1. The summed E-state index contributed by atoms with van der Waals surface area (Å²) in [6.45, 7) is 1.96. The van der Waals surface area contributed by atoms with Gasteiger partial charge in [0.05, 0.1) is 6.54 Å². The smallest absolute Gasteiger partial charge is 0.352 e. The third-order valence-electron chi connectivity index (χ3n) is 2.59. The van der Waals surface area contributed by atoms with E-state index in [1.54, 1.807) is 6.20 Å². The summed E-state index contributed by atoms with van der Waals surface area (Å²) in [5, 5.41) is 9.56. The van der Waals surface area contributed by atoms with Crippen LogP contribution in [-0.2, 0) is 23.6 Å². The molecule has 2 heterocycles. The van der Waals surface area contributed by atoms with E-state index in [2.05, 4.69) is 9.71 Å². The Morgan fingerprint density at radius 2 is 2.25 bits per heavy atom. The van der Waals surface area contributed by atoms with Gasteiger partial charge in [-0.1, -0.05) is 0 Å². The highest BCUT2D eigenvalue weighted by molar-refractivity contribution is 7.89. The van der Waals surface area contributed by atoms with Crippen LogP contribution in [-0.4, -0.2) is 29.0 Å². The molecule has 108 valence electrons. The third kappa shape index (κ3) is 3.06. The van der Waals surface area contributed by atoms with Crippen LogP contribution >= 0.6 is 11.3 Å². The van der Waals surface area contributed by atoms with Crippen LogP contribution < -0.4 is 4.72 Å². The summed E-state index contributed by atoms with van der Waals surface area (Å²) < 4.78 is 27.8. The van der Waals surface area contributed by atoms with Crippen LogP contribution in [0.2, 0.25) is 0 Å². The van der Waals surface area contributed by atoms with Crippen molar-refractivity contribution >= 4 is 27.3 Å². The number of nitrogens with one attached hydrogen (secondary N) is 1. The minimum atomic E-state index is -3.75. The maximum atomic E-state index is 12.1. The van der Waals surface area contributed by atoms with Crippen molar-refractivity contribution in [3.8, 4) is 0 Å². The highest BCUT2D eigenvalue weighted by atomic mass is 32.2. The summed E-state index contributed by atoms with van der Waals surface area (Å²) in [5.74, 6) is -1.18. The largest absolute Gasteiger partial charge is 0.477 e. The number of aromatic nitrogens is 2. The molecule has 2 aromatic heterocycles. The Balaban J connectivity index is 2.18. The topological polar surface area (TPSA) is 101 Å². The molecule has 2 N–H and O–H groups in total. The predicted octanol–water partition coefficient (Wildman–Crippen LogP) is 0.967. The van der Waals surface area contributed by atoms with E-state index in [4.69, 9.17) is 5.11 Å². The van der Waals surface area contributed by atoms with E-state index in [-0.39, 0.29) is 17.1 Å². The van der Waals surface area contributed by atoms with Gasteiger partial charge in [0, 0.05) is 24.3 Å². The lowest BCUT2D eigenvalue weighted by Crippen LogP contribution is -2.22. The molecular weight excluding hydrogens is 302 g/mol. The minimum absolute atomic E-state index is 0.0781. The van der Waals surface area contributed by atoms with Crippen LogP contribution in [0.15, 0.2) is 23.4 Å². The number of sulfonamides is 1. The molecule has 0 saturated carbocycles. The highest BCUT2D eigenvalue weighted by Gasteiger charge is 2.20.